The fraction of sp³-hybridized carbons (Fsp3) is 0.474. The molecule has 2 N–H and O–H groups in total. The smallest absolute Gasteiger partial charge is 0.303 e. The zero-order valence-electron chi connectivity index (χ0n) is 31.1. The molecule has 8 atom stereocenters. The minimum Gasteiger partial charge on any atom is -0.463 e. The summed E-state index contributed by atoms with van der Waals surface area (Å²) in [7, 11) is 0. The van der Waals surface area contributed by atoms with Crippen molar-refractivity contribution in [3.8, 4) is 0 Å². The van der Waals surface area contributed by atoms with Crippen molar-refractivity contribution in [2.75, 3.05) is 6.61 Å². The highest BCUT2D eigenvalue weighted by molar-refractivity contribution is 7.80. The van der Waals surface area contributed by atoms with Crippen LogP contribution >= 0.6 is 35.4 Å². The molecule has 0 saturated carbocycles. The summed E-state index contributed by atoms with van der Waals surface area (Å²) in [6.45, 7) is 4.99. The Morgan fingerprint density at radius 3 is 1.98 bits per heavy atom. The Morgan fingerprint density at radius 1 is 0.821 bits per heavy atom. The molecule has 5 rings (SSSR count). The van der Waals surface area contributed by atoms with Gasteiger partial charge in [-0.25, -0.2) is 4.98 Å². The van der Waals surface area contributed by atoms with Gasteiger partial charge < -0.3 is 48.1 Å². The number of halogens is 2. The summed E-state index contributed by atoms with van der Waals surface area (Å²) in [4.78, 5) is 52.5. The monoisotopic (exact) mass is 835 g/mol. The van der Waals surface area contributed by atoms with Crippen LogP contribution in [0.5, 0.6) is 0 Å². The van der Waals surface area contributed by atoms with E-state index in [0.29, 0.717) is 29.7 Å². The maximum atomic E-state index is 12.2. The van der Waals surface area contributed by atoms with Crippen LogP contribution in [0.3, 0.4) is 0 Å². The van der Waals surface area contributed by atoms with E-state index in [2.05, 4.69) is 10.3 Å². The van der Waals surface area contributed by atoms with Crippen molar-refractivity contribution in [2.45, 2.75) is 109 Å². The van der Waals surface area contributed by atoms with Crippen LogP contribution in [0.15, 0.2) is 54.9 Å². The molecule has 0 spiro atoms. The predicted molar refractivity (Wildman–Crippen MR) is 203 cm³/mol. The second-order valence-electron chi connectivity index (χ2n) is 13.3. The van der Waals surface area contributed by atoms with Gasteiger partial charge in [-0.3, -0.25) is 19.2 Å². The quantitative estimate of drug-likeness (QED) is 0.128. The summed E-state index contributed by atoms with van der Waals surface area (Å²) in [5.41, 5.74) is 3.35. The molecular weight excluding hydrogens is 793 g/mol. The SMILES string of the molecule is CC(=O)OCC1OC(CC(=S)NCc2ccc(C3OC(Cn4cnc(Cl)c4Cl)CC(c4ccc(CO)cc4)O3)cc2)C(OC(C)=O)C(OC(C)=O)C1OC(C)=O. The van der Waals surface area contributed by atoms with Crippen LogP contribution in [0.4, 0.5) is 0 Å². The van der Waals surface area contributed by atoms with E-state index in [1.165, 1.54) is 13.8 Å². The lowest BCUT2D eigenvalue weighted by atomic mass is 9.92. The molecule has 56 heavy (non-hydrogen) atoms. The van der Waals surface area contributed by atoms with Gasteiger partial charge in [0.25, 0.3) is 0 Å². The fourth-order valence-electron chi connectivity index (χ4n) is 6.45. The Kier molecular flexibility index (Phi) is 15.2. The number of imidazole rings is 1. The maximum Gasteiger partial charge on any atom is 0.303 e. The van der Waals surface area contributed by atoms with Crippen LogP contribution in [0.2, 0.25) is 10.3 Å². The molecule has 0 aliphatic carbocycles. The van der Waals surface area contributed by atoms with Gasteiger partial charge in [0.15, 0.2) is 29.8 Å². The van der Waals surface area contributed by atoms with Gasteiger partial charge in [0, 0.05) is 52.6 Å². The van der Waals surface area contributed by atoms with Crippen molar-refractivity contribution in [3.05, 3.63) is 87.4 Å². The second-order valence-corrected chi connectivity index (χ2v) is 14.5. The summed E-state index contributed by atoms with van der Waals surface area (Å²) in [5.74, 6) is -2.75. The van der Waals surface area contributed by atoms with Gasteiger partial charge in [-0.15, -0.1) is 0 Å². The lowest BCUT2D eigenvalue weighted by molar-refractivity contribution is -0.252. The standard InChI is InChI=1S/C38H43Cl2N3O12S/c1-20(45)49-18-31-34(51-22(3)47)35(52-23(4)48)33(50-21(2)46)30(54-31)14-32(56)41-15-24-5-11-27(12-6-24)38-53-28(16-43-19-42-36(39)37(43)40)13-29(55-38)26-9-7-25(17-44)8-10-26/h5-12,19,28-31,33-35,38,44H,13-18H2,1-4H3,(H,41,56). The van der Waals surface area contributed by atoms with E-state index in [-0.39, 0.29) is 37.0 Å². The lowest BCUT2D eigenvalue weighted by Crippen LogP contribution is -2.62. The number of aromatic nitrogens is 2. The zero-order chi connectivity index (χ0) is 40.5. The number of hydrogen-bond donors (Lipinski definition) is 2. The van der Waals surface area contributed by atoms with Crippen LogP contribution in [-0.2, 0) is 72.0 Å². The minimum atomic E-state index is -1.28. The topological polar surface area (TPSA) is 183 Å². The number of ether oxygens (including phenoxy) is 7. The highest BCUT2D eigenvalue weighted by Crippen LogP contribution is 2.39. The number of aliphatic hydroxyl groups excluding tert-OH is 1. The molecule has 2 fully saturated rings. The van der Waals surface area contributed by atoms with E-state index >= 15 is 0 Å². The van der Waals surface area contributed by atoms with E-state index in [4.69, 9.17) is 68.6 Å². The number of aliphatic hydroxyl groups is 1. The summed E-state index contributed by atoms with van der Waals surface area (Å²) in [6.07, 6.45) is -5.07. The molecule has 2 aliphatic heterocycles. The lowest BCUT2D eigenvalue weighted by Gasteiger charge is -2.44. The molecule has 18 heteroatoms. The minimum absolute atomic E-state index is 0.00441. The van der Waals surface area contributed by atoms with Gasteiger partial charge >= 0.3 is 23.9 Å². The van der Waals surface area contributed by atoms with E-state index in [1.807, 2.05) is 48.5 Å². The van der Waals surface area contributed by atoms with E-state index in [1.54, 1.807) is 10.9 Å². The Labute approximate surface area is 338 Å². The Morgan fingerprint density at radius 2 is 1.41 bits per heavy atom. The number of nitrogens with one attached hydrogen (secondary N) is 1. The third-order valence-corrected chi connectivity index (χ3v) is 10.0. The molecule has 302 valence electrons. The second kappa shape index (κ2) is 19.8. The van der Waals surface area contributed by atoms with Gasteiger partial charge in [-0.2, -0.15) is 0 Å². The van der Waals surface area contributed by atoms with Crippen molar-refractivity contribution >= 4 is 64.3 Å². The molecule has 15 nitrogen and oxygen atoms in total. The van der Waals surface area contributed by atoms with Crippen LogP contribution in [0, 0.1) is 0 Å². The van der Waals surface area contributed by atoms with E-state index < -0.39 is 60.7 Å². The first-order valence-electron chi connectivity index (χ1n) is 17.7. The van der Waals surface area contributed by atoms with Crippen molar-refractivity contribution in [3.63, 3.8) is 0 Å². The number of carbonyl (C=O) groups is 4. The average molecular weight is 837 g/mol. The summed E-state index contributed by atoms with van der Waals surface area (Å²) < 4.78 is 42.4. The van der Waals surface area contributed by atoms with Crippen molar-refractivity contribution in [2.24, 2.45) is 0 Å². The number of esters is 4. The number of rotatable bonds is 14. The van der Waals surface area contributed by atoms with E-state index in [9.17, 15) is 24.3 Å². The molecule has 0 radical (unpaired) electrons. The number of thiocarbonyl (C=S) groups is 1. The molecule has 2 saturated heterocycles. The van der Waals surface area contributed by atoms with Gasteiger partial charge in [-0.1, -0.05) is 84.0 Å². The molecule has 3 heterocycles. The van der Waals surface area contributed by atoms with Gasteiger partial charge in [-0.05, 0) is 16.7 Å². The third kappa shape index (κ3) is 11.7. The largest absolute Gasteiger partial charge is 0.463 e. The first kappa shape index (κ1) is 43.0. The third-order valence-electron chi connectivity index (χ3n) is 8.96. The Hall–Kier alpha value is -4.16. The normalized spacial score (nSPS) is 24.8. The van der Waals surface area contributed by atoms with E-state index in [0.717, 1.165) is 36.1 Å². The molecule has 0 bridgehead atoms. The Balaban J connectivity index is 1.27. The zero-order valence-corrected chi connectivity index (χ0v) is 33.4. The van der Waals surface area contributed by atoms with Crippen LogP contribution in [-0.4, -0.2) is 86.8 Å². The van der Waals surface area contributed by atoms with Crippen molar-refractivity contribution < 1.29 is 57.4 Å². The summed E-state index contributed by atoms with van der Waals surface area (Å²) in [6, 6.07) is 15.1. The molecule has 2 aromatic carbocycles. The molecule has 3 aromatic rings. The van der Waals surface area contributed by atoms with Gasteiger partial charge in [0.1, 0.15) is 24.0 Å². The number of hydrogen-bond acceptors (Lipinski definition) is 14. The first-order valence-corrected chi connectivity index (χ1v) is 18.9. The van der Waals surface area contributed by atoms with Crippen molar-refractivity contribution in [1.82, 2.24) is 14.9 Å². The molecular formula is C38H43Cl2N3O12S. The highest BCUT2D eigenvalue weighted by atomic mass is 35.5. The van der Waals surface area contributed by atoms with Crippen LogP contribution < -0.4 is 5.32 Å². The average Bonchev–Trinajstić information content (AvgIpc) is 3.47. The van der Waals surface area contributed by atoms with Gasteiger partial charge in [0.05, 0.1) is 36.7 Å². The maximum absolute atomic E-state index is 12.2. The van der Waals surface area contributed by atoms with Gasteiger partial charge in [0.2, 0.25) is 0 Å². The summed E-state index contributed by atoms with van der Waals surface area (Å²) >= 11 is 18.1. The Bertz CT molecular complexity index is 1860. The fourth-order valence-corrected chi connectivity index (χ4v) is 7.00. The van der Waals surface area contributed by atoms with Crippen LogP contribution in [0.1, 0.15) is 75.2 Å². The van der Waals surface area contributed by atoms with Crippen molar-refractivity contribution in [1.29, 1.82) is 0 Å². The number of nitrogens with zero attached hydrogens (tertiary/aromatic N) is 2. The predicted octanol–water partition coefficient (Wildman–Crippen LogP) is 4.86. The summed E-state index contributed by atoms with van der Waals surface area (Å²) in [5, 5.41) is 13.2. The molecule has 8 unspecified atom stereocenters. The molecule has 1 aromatic heterocycles. The number of carbonyl (C=O) groups excluding carboxylic acids is 4. The molecule has 2 aliphatic rings. The molecule has 0 amide bonds. The number of benzene rings is 2. The van der Waals surface area contributed by atoms with Crippen LogP contribution in [0.25, 0.3) is 0 Å². The first-order chi connectivity index (χ1) is 26.7. The highest BCUT2D eigenvalue weighted by Gasteiger charge is 2.52.